The van der Waals surface area contributed by atoms with Crippen molar-refractivity contribution in [3.63, 3.8) is 0 Å². The molecular formula is C22H30N4O. The summed E-state index contributed by atoms with van der Waals surface area (Å²) < 4.78 is 6.03. The van der Waals surface area contributed by atoms with E-state index in [1.807, 2.05) is 36.5 Å². The molecule has 1 N–H and O–H groups in total. The van der Waals surface area contributed by atoms with E-state index in [4.69, 9.17) is 9.73 Å². The smallest absolute Gasteiger partial charge is 0.142 e. The van der Waals surface area contributed by atoms with Crippen LogP contribution in [0, 0.1) is 0 Å². The molecule has 0 fully saturated rings. The minimum absolute atomic E-state index is 0.738. The van der Waals surface area contributed by atoms with Gasteiger partial charge in [-0.1, -0.05) is 18.6 Å². The molecule has 0 amide bonds. The summed E-state index contributed by atoms with van der Waals surface area (Å²) in [5, 5.41) is 3.48. The van der Waals surface area contributed by atoms with Crippen molar-refractivity contribution in [2.45, 2.75) is 39.5 Å². The van der Waals surface area contributed by atoms with Gasteiger partial charge in [0.05, 0.1) is 17.9 Å². The molecule has 0 aliphatic carbocycles. The lowest BCUT2D eigenvalue weighted by Crippen LogP contribution is -2.32. The summed E-state index contributed by atoms with van der Waals surface area (Å²) >= 11 is 0. The van der Waals surface area contributed by atoms with E-state index in [1.165, 1.54) is 12.8 Å². The van der Waals surface area contributed by atoms with Crippen LogP contribution in [0.25, 0.3) is 0 Å². The monoisotopic (exact) mass is 366 g/mol. The first-order chi connectivity index (χ1) is 13.3. The molecule has 0 spiro atoms. The Kier molecular flexibility index (Phi) is 7.08. The van der Waals surface area contributed by atoms with Gasteiger partial charge in [-0.25, -0.2) is 4.98 Å². The first kappa shape index (κ1) is 19.2. The van der Waals surface area contributed by atoms with Crippen LogP contribution in [0.5, 0.6) is 5.75 Å². The molecule has 2 aromatic rings. The third-order valence-electron chi connectivity index (χ3n) is 4.82. The van der Waals surface area contributed by atoms with E-state index in [-0.39, 0.29) is 0 Å². The number of pyridine rings is 1. The zero-order valence-corrected chi connectivity index (χ0v) is 16.4. The number of ether oxygens (including phenoxy) is 1. The summed E-state index contributed by atoms with van der Waals surface area (Å²) in [6.45, 7) is 7.76. The molecule has 0 radical (unpaired) electrons. The van der Waals surface area contributed by atoms with Gasteiger partial charge in [0.1, 0.15) is 17.4 Å². The van der Waals surface area contributed by atoms with Crippen LogP contribution in [0.4, 0.5) is 11.5 Å². The van der Waals surface area contributed by atoms with Crippen LogP contribution >= 0.6 is 0 Å². The highest BCUT2D eigenvalue weighted by Gasteiger charge is 2.17. The Balaban J connectivity index is 2.03. The standard InChI is InChI=1S/C22H30N4O/c1-3-26(4-2)22-18-12-11-16-23-21(18)25-19-13-7-8-14-20(19)27-17-10-6-5-9-15-24-22/h7-8,11-14,16H,3-6,9-10,15,17H2,1-2H3,(H,23,25). The molecule has 5 nitrogen and oxygen atoms in total. The topological polar surface area (TPSA) is 49.8 Å². The molecule has 1 aliphatic rings. The number of amidine groups is 1. The van der Waals surface area contributed by atoms with Crippen molar-refractivity contribution in [3.05, 3.63) is 48.2 Å². The highest BCUT2D eigenvalue weighted by molar-refractivity contribution is 6.03. The van der Waals surface area contributed by atoms with Crippen LogP contribution in [-0.2, 0) is 0 Å². The fourth-order valence-corrected chi connectivity index (χ4v) is 3.32. The quantitative estimate of drug-likeness (QED) is 0.824. The number of hydrogen-bond acceptors (Lipinski definition) is 5. The van der Waals surface area contributed by atoms with Gasteiger partial charge in [-0.15, -0.1) is 0 Å². The molecule has 1 aromatic carbocycles. The highest BCUT2D eigenvalue weighted by atomic mass is 16.5. The van der Waals surface area contributed by atoms with E-state index >= 15 is 0 Å². The van der Waals surface area contributed by atoms with Crippen molar-refractivity contribution in [2.75, 3.05) is 31.6 Å². The number of hydrogen-bond donors (Lipinski definition) is 1. The van der Waals surface area contributed by atoms with Gasteiger partial charge in [-0.3, -0.25) is 4.99 Å². The maximum atomic E-state index is 6.03. The molecule has 3 rings (SSSR count). The Morgan fingerprint density at radius 2 is 1.81 bits per heavy atom. The Morgan fingerprint density at radius 3 is 2.67 bits per heavy atom. The number of anilines is 2. The van der Waals surface area contributed by atoms with Gasteiger partial charge < -0.3 is 15.0 Å². The zero-order valence-electron chi connectivity index (χ0n) is 16.4. The van der Waals surface area contributed by atoms with Gasteiger partial charge in [0.2, 0.25) is 0 Å². The highest BCUT2D eigenvalue weighted by Crippen LogP contribution is 2.29. The van der Waals surface area contributed by atoms with Gasteiger partial charge >= 0.3 is 0 Å². The molecule has 144 valence electrons. The Hall–Kier alpha value is -2.56. The van der Waals surface area contributed by atoms with Crippen molar-refractivity contribution in [1.82, 2.24) is 9.88 Å². The molecule has 1 aliphatic heterocycles. The summed E-state index contributed by atoms with van der Waals surface area (Å²) in [7, 11) is 0. The third-order valence-corrected chi connectivity index (χ3v) is 4.82. The average molecular weight is 367 g/mol. The first-order valence-corrected chi connectivity index (χ1v) is 10.1. The number of nitrogens with zero attached hydrogens (tertiary/aromatic N) is 3. The van der Waals surface area contributed by atoms with E-state index < -0.39 is 0 Å². The van der Waals surface area contributed by atoms with Gasteiger partial charge in [-0.2, -0.15) is 0 Å². The van der Waals surface area contributed by atoms with Crippen molar-refractivity contribution in [3.8, 4) is 5.75 Å². The molecule has 0 saturated heterocycles. The van der Waals surface area contributed by atoms with E-state index in [9.17, 15) is 0 Å². The number of aromatic nitrogens is 1. The van der Waals surface area contributed by atoms with Gasteiger partial charge in [0, 0.05) is 25.8 Å². The molecular weight excluding hydrogens is 336 g/mol. The fourth-order valence-electron chi connectivity index (χ4n) is 3.32. The Labute approximate surface area is 162 Å². The summed E-state index contributed by atoms with van der Waals surface area (Å²) in [6.07, 6.45) is 6.33. The predicted octanol–water partition coefficient (Wildman–Crippen LogP) is 4.87. The molecule has 0 atom stereocenters. The molecule has 1 aromatic heterocycles. The second-order valence-electron chi connectivity index (χ2n) is 6.66. The first-order valence-electron chi connectivity index (χ1n) is 10.1. The maximum absolute atomic E-state index is 6.03. The van der Waals surface area contributed by atoms with Crippen LogP contribution in [-0.4, -0.2) is 42.0 Å². The van der Waals surface area contributed by atoms with Crippen molar-refractivity contribution in [2.24, 2.45) is 4.99 Å². The molecule has 0 bridgehead atoms. The summed E-state index contributed by atoms with van der Waals surface area (Å²) in [4.78, 5) is 11.9. The molecule has 5 heteroatoms. The largest absolute Gasteiger partial charge is 0.491 e. The minimum atomic E-state index is 0.738. The van der Waals surface area contributed by atoms with Crippen LogP contribution in [0.2, 0.25) is 0 Å². The summed E-state index contributed by atoms with van der Waals surface area (Å²) in [6, 6.07) is 12.1. The van der Waals surface area contributed by atoms with Crippen LogP contribution in [0.15, 0.2) is 47.6 Å². The van der Waals surface area contributed by atoms with Gasteiger partial charge in [0.25, 0.3) is 0 Å². The number of nitrogens with one attached hydrogen (secondary N) is 1. The number of fused-ring (bicyclic) bond motifs is 2. The van der Waals surface area contributed by atoms with Crippen molar-refractivity contribution >= 4 is 17.3 Å². The van der Waals surface area contributed by atoms with Crippen molar-refractivity contribution < 1.29 is 4.74 Å². The lowest BCUT2D eigenvalue weighted by molar-refractivity contribution is 0.306. The Bertz CT molecular complexity index is 755. The third kappa shape index (κ3) is 5.00. The van der Waals surface area contributed by atoms with Crippen LogP contribution in [0.3, 0.4) is 0 Å². The molecule has 27 heavy (non-hydrogen) atoms. The normalized spacial score (nSPS) is 15.3. The summed E-state index contributed by atoms with van der Waals surface area (Å²) in [5.74, 6) is 2.70. The molecule has 0 unspecified atom stereocenters. The van der Waals surface area contributed by atoms with Crippen LogP contribution in [0.1, 0.15) is 45.1 Å². The fraction of sp³-hybridized carbons (Fsp3) is 0.455. The average Bonchev–Trinajstić information content (AvgIpc) is 2.70. The Morgan fingerprint density at radius 1 is 1.00 bits per heavy atom. The number of rotatable bonds is 2. The predicted molar refractivity (Wildman–Crippen MR) is 112 cm³/mol. The lowest BCUT2D eigenvalue weighted by Gasteiger charge is -2.25. The summed E-state index contributed by atoms with van der Waals surface area (Å²) in [5.41, 5.74) is 1.97. The van der Waals surface area contributed by atoms with E-state index in [1.54, 1.807) is 0 Å². The second kappa shape index (κ2) is 9.95. The van der Waals surface area contributed by atoms with Gasteiger partial charge in [-0.05, 0) is 57.4 Å². The molecule has 2 heterocycles. The van der Waals surface area contributed by atoms with Gasteiger partial charge in [0.15, 0.2) is 0 Å². The van der Waals surface area contributed by atoms with E-state index in [0.717, 1.165) is 67.7 Å². The maximum Gasteiger partial charge on any atom is 0.142 e. The van der Waals surface area contributed by atoms with E-state index in [2.05, 4.69) is 35.1 Å². The lowest BCUT2D eigenvalue weighted by atomic mass is 10.1. The zero-order chi connectivity index (χ0) is 18.9. The number of para-hydroxylation sites is 2. The molecule has 0 saturated carbocycles. The minimum Gasteiger partial charge on any atom is -0.491 e. The number of aliphatic imine (C=N–C) groups is 1. The number of benzene rings is 1. The van der Waals surface area contributed by atoms with Crippen LogP contribution < -0.4 is 10.1 Å². The second-order valence-corrected chi connectivity index (χ2v) is 6.66. The van der Waals surface area contributed by atoms with Crippen molar-refractivity contribution in [1.29, 1.82) is 0 Å². The van der Waals surface area contributed by atoms with E-state index in [0.29, 0.717) is 0 Å². The SMILES string of the molecule is CCN(CC)C1=NCCCCCCOc2ccccc2Nc2ncccc21.